The summed E-state index contributed by atoms with van der Waals surface area (Å²) in [5.41, 5.74) is 1.32. The highest BCUT2D eigenvalue weighted by atomic mass is 35.5. The van der Waals surface area contributed by atoms with Gasteiger partial charge >= 0.3 is 0 Å². The van der Waals surface area contributed by atoms with Gasteiger partial charge in [-0.25, -0.2) is 4.99 Å². The zero-order chi connectivity index (χ0) is 16.9. The van der Waals surface area contributed by atoms with Crippen LogP contribution in [0.1, 0.15) is 6.42 Å². The Hall–Kier alpha value is -2.31. The van der Waals surface area contributed by atoms with E-state index in [1.807, 2.05) is 30.3 Å². The molecular formula is C17H14ClN3O2S. The minimum absolute atomic E-state index is 0.102. The number of amides is 2. The topological polar surface area (TPSA) is 70.6 Å². The van der Waals surface area contributed by atoms with Crippen molar-refractivity contribution in [2.24, 2.45) is 4.99 Å². The number of amidine groups is 1. The molecule has 0 unspecified atom stereocenters. The number of para-hydroxylation sites is 1. The fraction of sp³-hybridized carbons (Fsp3) is 0.118. The van der Waals surface area contributed by atoms with E-state index in [0.29, 0.717) is 15.9 Å². The second-order valence-electron chi connectivity index (χ2n) is 5.11. The number of carbonyl (C=O) groups is 2. The Labute approximate surface area is 148 Å². The molecule has 0 saturated carbocycles. The first-order chi connectivity index (χ1) is 11.6. The lowest BCUT2D eigenvalue weighted by molar-refractivity contribution is -0.123. The first kappa shape index (κ1) is 16.5. The van der Waals surface area contributed by atoms with Crippen LogP contribution in [0.15, 0.2) is 59.6 Å². The van der Waals surface area contributed by atoms with Crippen LogP contribution in [-0.2, 0) is 9.59 Å². The number of rotatable bonds is 3. The predicted octanol–water partition coefficient (Wildman–Crippen LogP) is 3.59. The van der Waals surface area contributed by atoms with Crippen molar-refractivity contribution in [2.75, 3.05) is 5.32 Å². The Morgan fingerprint density at radius 2 is 2.00 bits per heavy atom. The van der Waals surface area contributed by atoms with Crippen LogP contribution in [0.4, 0.5) is 11.4 Å². The minimum atomic E-state index is -0.541. The standard InChI is InChI=1S/C17H14ClN3O2S/c18-11-5-4-8-13(9-11)19-16(23)14-10-15(22)21-17(24-14)20-12-6-2-1-3-7-12/h1-9,14H,10H2,(H,19,23)(H,20,21,22)/t14-/m0/s1. The normalized spacial score (nSPS) is 19.0. The molecule has 1 fully saturated rings. The molecular weight excluding hydrogens is 346 g/mol. The number of aliphatic imine (C=N–C) groups is 1. The smallest absolute Gasteiger partial charge is 0.238 e. The molecule has 0 radical (unpaired) electrons. The Morgan fingerprint density at radius 1 is 1.21 bits per heavy atom. The van der Waals surface area contributed by atoms with Crippen molar-refractivity contribution in [3.63, 3.8) is 0 Å². The zero-order valence-electron chi connectivity index (χ0n) is 12.5. The van der Waals surface area contributed by atoms with Crippen LogP contribution in [0.5, 0.6) is 0 Å². The van der Waals surface area contributed by atoms with Gasteiger partial charge in [0.1, 0.15) is 5.25 Å². The number of thioether (sulfide) groups is 1. The lowest BCUT2D eigenvalue weighted by atomic mass is 10.2. The van der Waals surface area contributed by atoms with E-state index in [9.17, 15) is 9.59 Å². The lowest BCUT2D eigenvalue weighted by Crippen LogP contribution is -2.41. The molecule has 1 saturated heterocycles. The van der Waals surface area contributed by atoms with Gasteiger partial charge in [0, 0.05) is 17.1 Å². The second-order valence-corrected chi connectivity index (χ2v) is 6.74. The molecule has 2 amide bonds. The van der Waals surface area contributed by atoms with Crippen molar-refractivity contribution >= 4 is 51.7 Å². The molecule has 0 aromatic heterocycles. The maximum Gasteiger partial charge on any atom is 0.238 e. The van der Waals surface area contributed by atoms with Crippen LogP contribution >= 0.6 is 23.4 Å². The lowest BCUT2D eigenvalue weighted by Gasteiger charge is -2.22. The SMILES string of the molecule is O=C1C[C@@H](C(=O)Nc2cccc(Cl)c2)SC(=Nc2ccccc2)N1. The van der Waals surface area contributed by atoms with Crippen LogP contribution in [0.25, 0.3) is 0 Å². The maximum absolute atomic E-state index is 12.4. The Bertz CT molecular complexity index is 795. The number of benzene rings is 2. The molecule has 24 heavy (non-hydrogen) atoms. The van der Waals surface area contributed by atoms with Gasteiger partial charge < -0.3 is 10.6 Å². The van der Waals surface area contributed by atoms with Crippen molar-refractivity contribution < 1.29 is 9.59 Å². The van der Waals surface area contributed by atoms with Gasteiger partial charge in [0.25, 0.3) is 0 Å². The summed E-state index contributed by atoms with van der Waals surface area (Å²) in [4.78, 5) is 28.7. The molecule has 7 heteroatoms. The van der Waals surface area contributed by atoms with E-state index in [2.05, 4.69) is 15.6 Å². The largest absolute Gasteiger partial charge is 0.325 e. The molecule has 1 atom stereocenters. The quantitative estimate of drug-likeness (QED) is 0.879. The Morgan fingerprint density at radius 3 is 2.75 bits per heavy atom. The number of anilines is 1. The molecule has 3 rings (SSSR count). The van der Waals surface area contributed by atoms with Gasteiger partial charge in [-0.1, -0.05) is 47.6 Å². The molecule has 1 aliphatic heterocycles. The second kappa shape index (κ2) is 7.51. The van der Waals surface area contributed by atoms with Gasteiger partial charge in [-0.2, -0.15) is 0 Å². The number of halogens is 1. The highest BCUT2D eigenvalue weighted by molar-refractivity contribution is 8.15. The number of hydrogen-bond donors (Lipinski definition) is 2. The van der Waals surface area contributed by atoms with Crippen molar-refractivity contribution in [1.29, 1.82) is 0 Å². The van der Waals surface area contributed by atoms with Gasteiger partial charge in [0.15, 0.2) is 5.17 Å². The molecule has 5 nitrogen and oxygen atoms in total. The highest BCUT2D eigenvalue weighted by Crippen LogP contribution is 2.25. The third-order valence-electron chi connectivity index (χ3n) is 3.24. The molecule has 1 aliphatic rings. The summed E-state index contributed by atoms with van der Waals surface area (Å²) in [5.74, 6) is -0.479. The van der Waals surface area contributed by atoms with Crippen LogP contribution in [0.2, 0.25) is 5.02 Å². The zero-order valence-corrected chi connectivity index (χ0v) is 14.1. The Balaban J connectivity index is 1.72. The first-order valence-electron chi connectivity index (χ1n) is 7.27. The van der Waals surface area contributed by atoms with Crippen molar-refractivity contribution in [1.82, 2.24) is 5.32 Å². The Kier molecular flexibility index (Phi) is 5.17. The van der Waals surface area contributed by atoms with Crippen molar-refractivity contribution in [3.8, 4) is 0 Å². The highest BCUT2D eigenvalue weighted by Gasteiger charge is 2.30. The van der Waals surface area contributed by atoms with E-state index in [0.717, 1.165) is 5.69 Å². The molecule has 122 valence electrons. The van der Waals surface area contributed by atoms with E-state index >= 15 is 0 Å². The molecule has 2 aromatic carbocycles. The van der Waals surface area contributed by atoms with Gasteiger partial charge in [0.05, 0.1) is 5.69 Å². The first-order valence-corrected chi connectivity index (χ1v) is 8.52. The summed E-state index contributed by atoms with van der Waals surface area (Å²) >= 11 is 7.15. The average Bonchev–Trinajstić information content (AvgIpc) is 2.55. The third kappa shape index (κ3) is 4.37. The minimum Gasteiger partial charge on any atom is -0.325 e. The van der Waals surface area contributed by atoms with E-state index in [1.165, 1.54) is 11.8 Å². The molecule has 2 N–H and O–H groups in total. The van der Waals surface area contributed by atoms with Gasteiger partial charge in [-0.05, 0) is 30.3 Å². The fourth-order valence-corrected chi connectivity index (χ4v) is 3.35. The summed E-state index contributed by atoms with van der Waals surface area (Å²) in [5, 5.41) is 5.89. The molecule has 0 spiro atoms. The van der Waals surface area contributed by atoms with Gasteiger partial charge in [-0.3, -0.25) is 9.59 Å². The maximum atomic E-state index is 12.4. The van der Waals surface area contributed by atoms with E-state index in [-0.39, 0.29) is 18.2 Å². The number of carbonyl (C=O) groups excluding carboxylic acids is 2. The van der Waals surface area contributed by atoms with Crippen LogP contribution < -0.4 is 10.6 Å². The predicted molar refractivity (Wildman–Crippen MR) is 97.8 cm³/mol. The average molecular weight is 360 g/mol. The van der Waals surface area contributed by atoms with Gasteiger partial charge in [-0.15, -0.1) is 0 Å². The summed E-state index contributed by atoms with van der Waals surface area (Å²) in [6.45, 7) is 0. The van der Waals surface area contributed by atoms with Crippen LogP contribution in [0, 0.1) is 0 Å². The summed E-state index contributed by atoms with van der Waals surface area (Å²) in [7, 11) is 0. The van der Waals surface area contributed by atoms with Crippen LogP contribution in [-0.4, -0.2) is 22.2 Å². The van der Waals surface area contributed by atoms with E-state index in [1.54, 1.807) is 24.3 Å². The third-order valence-corrected chi connectivity index (χ3v) is 4.56. The summed E-state index contributed by atoms with van der Waals surface area (Å²) in [6, 6.07) is 16.1. The number of hydrogen-bond acceptors (Lipinski definition) is 4. The molecule has 2 aromatic rings. The number of nitrogens with zero attached hydrogens (tertiary/aromatic N) is 1. The van der Waals surface area contributed by atoms with E-state index in [4.69, 9.17) is 11.6 Å². The van der Waals surface area contributed by atoms with Gasteiger partial charge in [0.2, 0.25) is 11.8 Å². The fourth-order valence-electron chi connectivity index (χ4n) is 2.15. The monoisotopic (exact) mass is 359 g/mol. The number of nitrogens with one attached hydrogen (secondary N) is 2. The molecule has 0 bridgehead atoms. The summed E-state index contributed by atoms with van der Waals surface area (Å²) in [6.07, 6.45) is 0.102. The summed E-state index contributed by atoms with van der Waals surface area (Å²) < 4.78 is 0. The van der Waals surface area contributed by atoms with Crippen LogP contribution in [0.3, 0.4) is 0 Å². The molecule has 1 heterocycles. The van der Waals surface area contributed by atoms with Crippen molar-refractivity contribution in [2.45, 2.75) is 11.7 Å². The van der Waals surface area contributed by atoms with E-state index < -0.39 is 5.25 Å². The van der Waals surface area contributed by atoms with Crippen molar-refractivity contribution in [3.05, 3.63) is 59.6 Å². The molecule has 0 aliphatic carbocycles.